The van der Waals surface area contributed by atoms with Crippen molar-refractivity contribution in [2.45, 2.75) is 49.8 Å². The first kappa shape index (κ1) is 11.6. The van der Waals surface area contributed by atoms with Crippen molar-refractivity contribution in [2.24, 2.45) is 0 Å². The molecule has 2 nitrogen and oxygen atoms in total. The number of ketones is 1. The van der Waals surface area contributed by atoms with Gasteiger partial charge in [-0.2, -0.15) is 0 Å². The second-order valence-corrected chi connectivity index (χ2v) is 5.67. The second-order valence-electron chi connectivity index (χ2n) is 4.44. The van der Waals surface area contributed by atoms with Crippen LogP contribution in [0.4, 0.5) is 0 Å². The highest BCUT2D eigenvalue weighted by molar-refractivity contribution is 8.00. The quantitative estimate of drug-likeness (QED) is 0.787. The molecule has 3 heteroatoms. The average molecular weight is 235 g/mol. The van der Waals surface area contributed by atoms with Crippen LogP contribution in [0.3, 0.4) is 0 Å². The fourth-order valence-electron chi connectivity index (χ4n) is 2.09. The maximum atomic E-state index is 11.7. The van der Waals surface area contributed by atoms with Crippen molar-refractivity contribution in [1.29, 1.82) is 0 Å². The zero-order chi connectivity index (χ0) is 11.5. The van der Waals surface area contributed by atoms with E-state index in [1.807, 2.05) is 6.92 Å². The number of rotatable bonds is 2. The van der Waals surface area contributed by atoms with E-state index in [9.17, 15) is 4.79 Å². The smallest absolute Gasteiger partial charge is 0.146 e. The Hall–Kier alpha value is -0.830. The van der Waals surface area contributed by atoms with E-state index in [1.54, 1.807) is 11.8 Å². The van der Waals surface area contributed by atoms with Crippen LogP contribution >= 0.6 is 11.8 Å². The molecule has 1 aliphatic carbocycles. The molecule has 1 saturated carbocycles. The molecule has 16 heavy (non-hydrogen) atoms. The number of aromatic nitrogens is 1. The molecule has 86 valence electrons. The lowest BCUT2D eigenvalue weighted by Crippen LogP contribution is -2.21. The molecule has 0 spiro atoms. The van der Waals surface area contributed by atoms with Gasteiger partial charge in [0.15, 0.2) is 0 Å². The van der Waals surface area contributed by atoms with Crippen molar-refractivity contribution in [3.8, 4) is 0 Å². The maximum absolute atomic E-state index is 11.7. The van der Waals surface area contributed by atoms with Crippen LogP contribution < -0.4 is 0 Å². The molecule has 2 rings (SSSR count). The van der Waals surface area contributed by atoms with E-state index < -0.39 is 0 Å². The third-order valence-corrected chi connectivity index (χ3v) is 4.07. The molecule has 1 heterocycles. The Morgan fingerprint density at radius 2 is 2.12 bits per heavy atom. The Labute approximate surface area is 101 Å². The van der Waals surface area contributed by atoms with Gasteiger partial charge >= 0.3 is 0 Å². The van der Waals surface area contributed by atoms with E-state index in [-0.39, 0.29) is 5.25 Å². The van der Waals surface area contributed by atoms with Crippen molar-refractivity contribution < 1.29 is 4.79 Å². The number of hydrogen-bond acceptors (Lipinski definition) is 3. The van der Waals surface area contributed by atoms with E-state index in [0.717, 1.165) is 30.0 Å². The lowest BCUT2D eigenvalue weighted by molar-refractivity contribution is -0.119. The van der Waals surface area contributed by atoms with Crippen molar-refractivity contribution in [1.82, 2.24) is 4.98 Å². The Balaban J connectivity index is 2.10. The standard InChI is InChI=1S/C13H17NOS/c1-9-7-10(2)14-13(8-9)16-12-6-4-3-5-11(12)15/h7-8,12H,3-6H2,1-2H3. The number of nitrogens with zero attached hydrogens (tertiary/aromatic N) is 1. The van der Waals surface area contributed by atoms with Gasteiger partial charge in [-0.15, -0.1) is 0 Å². The molecule has 0 N–H and O–H groups in total. The average Bonchev–Trinajstić information content (AvgIpc) is 2.20. The third-order valence-electron chi connectivity index (χ3n) is 2.84. The summed E-state index contributed by atoms with van der Waals surface area (Å²) in [5.74, 6) is 0.400. The van der Waals surface area contributed by atoms with Crippen LogP contribution in [0.5, 0.6) is 0 Å². The summed E-state index contributed by atoms with van der Waals surface area (Å²) in [7, 11) is 0. The fraction of sp³-hybridized carbons (Fsp3) is 0.538. The van der Waals surface area contributed by atoms with Gasteiger partial charge in [0.1, 0.15) is 5.78 Å². The lowest BCUT2D eigenvalue weighted by atomic mass is 9.99. The van der Waals surface area contributed by atoms with E-state index in [4.69, 9.17) is 0 Å². The van der Waals surface area contributed by atoms with Crippen molar-refractivity contribution >= 4 is 17.5 Å². The van der Waals surface area contributed by atoms with Gasteiger partial charge in [-0.1, -0.05) is 18.2 Å². The third kappa shape index (κ3) is 2.85. The molecule has 1 aromatic rings. The fourth-order valence-corrected chi connectivity index (χ4v) is 3.36. The number of pyridine rings is 1. The van der Waals surface area contributed by atoms with Gasteiger partial charge in [0.25, 0.3) is 0 Å². The van der Waals surface area contributed by atoms with Gasteiger partial charge in [0, 0.05) is 12.1 Å². The molecule has 0 saturated heterocycles. The van der Waals surface area contributed by atoms with Crippen LogP contribution in [0.1, 0.15) is 36.9 Å². The first-order chi connectivity index (χ1) is 7.65. The Morgan fingerprint density at radius 3 is 2.81 bits per heavy atom. The van der Waals surface area contributed by atoms with Crippen LogP contribution in [0.15, 0.2) is 17.2 Å². The van der Waals surface area contributed by atoms with E-state index in [0.29, 0.717) is 5.78 Å². The summed E-state index contributed by atoms with van der Waals surface area (Å²) in [6.45, 7) is 4.07. The van der Waals surface area contributed by atoms with Gasteiger partial charge in [-0.05, 0) is 44.4 Å². The predicted molar refractivity (Wildman–Crippen MR) is 66.8 cm³/mol. The van der Waals surface area contributed by atoms with E-state index in [1.165, 1.54) is 12.0 Å². The minimum atomic E-state index is 0.141. The first-order valence-electron chi connectivity index (χ1n) is 5.80. The van der Waals surface area contributed by atoms with Crippen molar-refractivity contribution in [3.63, 3.8) is 0 Å². The summed E-state index contributed by atoms with van der Waals surface area (Å²) in [6.07, 6.45) is 4.00. The van der Waals surface area contributed by atoms with Crippen LogP contribution in [-0.2, 0) is 4.79 Å². The highest BCUT2D eigenvalue weighted by atomic mass is 32.2. The maximum Gasteiger partial charge on any atom is 0.146 e. The summed E-state index contributed by atoms with van der Waals surface area (Å²) < 4.78 is 0. The molecule has 0 aliphatic heterocycles. The minimum absolute atomic E-state index is 0.141. The van der Waals surface area contributed by atoms with Crippen molar-refractivity contribution in [2.75, 3.05) is 0 Å². The first-order valence-corrected chi connectivity index (χ1v) is 6.68. The SMILES string of the molecule is Cc1cc(C)nc(SC2CCCCC2=O)c1. The molecule has 1 aromatic heterocycles. The number of thioether (sulfide) groups is 1. The van der Waals surface area contributed by atoms with Gasteiger partial charge in [0.05, 0.1) is 10.3 Å². The lowest BCUT2D eigenvalue weighted by Gasteiger charge is -2.19. The van der Waals surface area contributed by atoms with Gasteiger partial charge in [-0.3, -0.25) is 4.79 Å². The molecule has 1 aliphatic rings. The number of hydrogen-bond donors (Lipinski definition) is 0. The molecular formula is C13H17NOS. The van der Waals surface area contributed by atoms with Crippen molar-refractivity contribution in [3.05, 3.63) is 23.4 Å². The van der Waals surface area contributed by atoms with Crippen LogP contribution in [0, 0.1) is 13.8 Å². The Kier molecular flexibility index (Phi) is 3.64. The van der Waals surface area contributed by atoms with Gasteiger partial charge in [0.2, 0.25) is 0 Å². The Morgan fingerprint density at radius 1 is 1.31 bits per heavy atom. The van der Waals surface area contributed by atoms with Crippen LogP contribution in [-0.4, -0.2) is 16.0 Å². The largest absolute Gasteiger partial charge is 0.298 e. The molecule has 0 amide bonds. The molecular weight excluding hydrogens is 218 g/mol. The number of Topliss-reactive ketones (excluding diaryl/α,β-unsaturated/α-hetero) is 1. The monoisotopic (exact) mass is 235 g/mol. The van der Waals surface area contributed by atoms with E-state index >= 15 is 0 Å². The zero-order valence-electron chi connectivity index (χ0n) is 9.82. The van der Waals surface area contributed by atoms with Crippen LogP contribution in [0.25, 0.3) is 0 Å². The number of carbonyl (C=O) groups is 1. The van der Waals surface area contributed by atoms with Crippen LogP contribution in [0.2, 0.25) is 0 Å². The summed E-state index contributed by atoms with van der Waals surface area (Å²) in [5, 5.41) is 1.14. The normalized spacial score (nSPS) is 21.1. The molecule has 1 atom stereocenters. The summed E-state index contributed by atoms with van der Waals surface area (Å²) in [5.41, 5.74) is 2.25. The highest BCUT2D eigenvalue weighted by Gasteiger charge is 2.23. The molecule has 0 radical (unpaired) electrons. The summed E-state index contributed by atoms with van der Waals surface area (Å²) >= 11 is 1.64. The minimum Gasteiger partial charge on any atom is -0.298 e. The van der Waals surface area contributed by atoms with Gasteiger partial charge < -0.3 is 0 Å². The molecule has 0 aromatic carbocycles. The molecule has 1 unspecified atom stereocenters. The zero-order valence-corrected chi connectivity index (χ0v) is 10.6. The summed E-state index contributed by atoms with van der Waals surface area (Å²) in [4.78, 5) is 16.2. The summed E-state index contributed by atoms with van der Waals surface area (Å²) in [6, 6.07) is 4.13. The Bertz CT molecular complexity index is 383. The predicted octanol–water partition coefficient (Wildman–Crippen LogP) is 3.30. The molecule has 0 bridgehead atoms. The van der Waals surface area contributed by atoms with E-state index in [2.05, 4.69) is 24.0 Å². The second kappa shape index (κ2) is 5.00. The number of carbonyl (C=O) groups excluding carboxylic acids is 1. The van der Waals surface area contributed by atoms with Gasteiger partial charge in [-0.25, -0.2) is 4.98 Å². The highest BCUT2D eigenvalue weighted by Crippen LogP contribution is 2.31. The topological polar surface area (TPSA) is 30.0 Å². The molecule has 1 fully saturated rings. The number of aryl methyl sites for hydroxylation is 2.